The summed E-state index contributed by atoms with van der Waals surface area (Å²) in [4.78, 5) is 20.9. The normalized spacial score (nSPS) is 10.7. The van der Waals surface area contributed by atoms with Crippen LogP contribution in [0.3, 0.4) is 0 Å². The summed E-state index contributed by atoms with van der Waals surface area (Å²) in [7, 11) is 0. The van der Waals surface area contributed by atoms with Gasteiger partial charge in [-0.25, -0.2) is 14.4 Å². The fourth-order valence-electron chi connectivity index (χ4n) is 1.63. The highest BCUT2D eigenvalue weighted by atomic mass is 32.1. The summed E-state index contributed by atoms with van der Waals surface area (Å²) in [5, 5.41) is 2.75. The van der Waals surface area contributed by atoms with Crippen LogP contribution in [-0.2, 0) is 0 Å². The molecule has 0 fully saturated rings. The van der Waals surface area contributed by atoms with E-state index in [2.05, 4.69) is 9.97 Å². The minimum atomic E-state index is -0.558. The molecule has 0 bridgehead atoms. The van der Waals surface area contributed by atoms with E-state index < -0.39 is 11.6 Å². The lowest BCUT2D eigenvalue weighted by Gasteiger charge is -2.00. The van der Waals surface area contributed by atoms with E-state index in [9.17, 15) is 9.18 Å². The van der Waals surface area contributed by atoms with Gasteiger partial charge in [-0.3, -0.25) is 4.79 Å². The van der Waals surface area contributed by atoms with E-state index in [1.807, 2.05) is 11.4 Å². The third kappa shape index (κ3) is 1.78. The van der Waals surface area contributed by atoms with Crippen LogP contribution in [0.5, 0.6) is 0 Å². The topological polar surface area (TPSA) is 42.9 Å². The molecule has 0 aliphatic carbocycles. The lowest BCUT2D eigenvalue weighted by atomic mass is 10.1. The van der Waals surface area contributed by atoms with Gasteiger partial charge in [0.25, 0.3) is 0 Å². The molecule has 2 heterocycles. The van der Waals surface area contributed by atoms with E-state index >= 15 is 0 Å². The molecular formula is C13H7FN2OS. The Balaban J connectivity index is 2.09. The zero-order valence-corrected chi connectivity index (χ0v) is 9.95. The number of benzene rings is 1. The van der Waals surface area contributed by atoms with Crippen LogP contribution < -0.4 is 0 Å². The number of hydrogen-bond acceptors (Lipinski definition) is 4. The molecule has 0 radical (unpaired) electrons. The highest BCUT2D eigenvalue weighted by molar-refractivity contribution is 7.16. The van der Waals surface area contributed by atoms with E-state index in [4.69, 9.17) is 0 Å². The monoisotopic (exact) mass is 258 g/mol. The van der Waals surface area contributed by atoms with Gasteiger partial charge in [-0.2, -0.15) is 0 Å². The van der Waals surface area contributed by atoms with E-state index in [0.29, 0.717) is 0 Å². The van der Waals surface area contributed by atoms with Crippen LogP contribution >= 0.6 is 11.3 Å². The molecule has 0 saturated carbocycles. The van der Waals surface area contributed by atoms with Crippen molar-refractivity contribution in [2.24, 2.45) is 0 Å². The maximum absolute atomic E-state index is 13.5. The highest BCUT2D eigenvalue weighted by Gasteiger charge is 2.16. The van der Waals surface area contributed by atoms with Gasteiger partial charge in [-0.05, 0) is 23.6 Å². The van der Waals surface area contributed by atoms with Crippen LogP contribution in [0.15, 0.2) is 41.9 Å². The van der Waals surface area contributed by atoms with Gasteiger partial charge in [0.1, 0.15) is 10.6 Å². The average Bonchev–Trinajstić information content (AvgIpc) is 2.85. The summed E-state index contributed by atoms with van der Waals surface area (Å²) in [5.41, 5.74) is -0.00611. The van der Waals surface area contributed by atoms with Crippen molar-refractivity contribution in [1.29, 1.82) is 0 Å². The van der Waals surface area contributed by atoms with Crippen LogP contribution in [0.25, 0.3) is 10.2 Å². The largest absolute Gasteiger partial charge is 0.285 e. The second-order valence-corrected chi connectivity index (χ2v) is 4.58. The molecule has 5 heteroatoms. The first-order valence-corrected chi connectivity index (χ1v) is 6.13. The molecule has 0 aliphatic rings. The lowest BCUT2D eigenvalue weighted by molar-refractivity contribution is 0.102. The molecule has 3 nitrogen and oxygen atoms in total. The predicted molar refractivity (Wildman–Crippen MR) is 67.2 cm³/mol. The first-order valence-electron chi connectivity index (χ1n) is 5.25. The molecule has 0 saturated heterocycles. The van der Waals surface area contributed by atoms with Crippen molar-refractivity contribution < 1.29 is 9.18 Å². The number of hydrogen-bond donors (Lipinski definition) is 0. The fraction of sp³-hybridized carbons (Fsp3) is 0. The molecule has 0 N–H and O–H groups in total. The SMILES string of the molecule is O=C(c1ncc2ccsc2n1)c1ccccc1F. The number of rotatable bonds is 2. The van der Waals surface area contributed by atoms with Gasteiger partial charge in [-0.15, -0.1) is 11.3 Å². The van der Waals surface area contributed by atoms with Crippen LogP contribution in [0.2, 0.25) is 0 Å². The van der Waals surface area contributed by atoms with Crippen molar-refractivity contribution in [1.82, 2.24) is 9.97 Å². The lowest BCUT2D eigenvalue weighted by Crippen LogP contribution is -2.08. The molecule has 0 aliphatic heterocycles. The third-order valence-corrected chi connectivity index (χ3v) is 3.35. The maximum Gasteiger partial charge on any atom is 0.233 e. The van der Waals surface area contributed by atoms with Gasteiger partial charge in [0, 0.05) is 11.6 Å². The number of halogens is 1. The Morgan fingerprint density at radius 3 is 2.89 bits per heavy atom. The third-order valence-electron chi connectivity index (χ3n) is 2.53. The fourth-order valence-corrected chi connectivity index (χ4v) is 2.37. The molecule has 2 aromatic heterocycles. The van der Waals surface area contributed by atoms with Gasteiger partial charge < -0.3 is 0 Å². The molecule has 3 rings (SSSR count). The summed E-state index contributed by atoms with van der Waals surface area (Å²) in [5.74, 6) is -1.03. The Morgan fingerprint density at radius 2 is 2.06 bits per heavy atom. The summed E-state index contributed by atoms with van der Waals surface area (Å²) in [6.45, 7) is 0. The van der Waals surface area contributed by atoms with Crippen molar-refractivity contribution in [3.05, 3.63) is 59.1 Å². The zero-order chi connectivity index (χ0) is 12.5. The highest BCUT2D eigenvalue weighted by Crippen LogP contribution is 2.18. The Bertz CT molecular complexity index is 738. The molecule has 3 aromatic rings. The van der Waals surface area contributed by atoms with E-state index in [0.717, 1.165) is 10.2 Å². The Hall–Kier alpha value is -2.14. The molecule has 18 heavy (non-hydrogen) atoms. The molecule has 88 valence electrons. The van der Waals surface area contributed by atoms with Crippen molar-refractivity contribution in [2.45, 2.75) is 0 Å². The Morgan fingerprint density at radius 1 is 1.22 bits per heavy atom. The number of aromatic nitrogens is 2. The van der Waals surface area contributed by atoms with Crippen molar-refractivity contribution >= 4 is 27.3 Å². The van der Waals surface area contributed by atoms with E-state index in [1.54, 1.807) is 12.3 Å². The van der Waals surface area contributed by atoms with Crippen molar-refractivity contribution in [3.63, 3.8) is 0 Å². The van der Waals surface area contributed by atoms with Crippen molar-refractivity contribution in [3.8, 4) is 0 Å². The van der Waals surface area contributed by atoms with Crippen LogP contribution in [0.1, 0.15) is 16.2 Å². The molecule has 0 amide bonds. The number of nitrogens with zero attached hydrogens (tertiary/aromatic N) is 2. The summed E-state index contributed by atoms with van der Waals surface area (Å²) in [6, 6.07) is 7.70. The van der Waals surface area contributed by atoms with Gasteiger partial charge >= 0.3 is 0 Å². The van der Waals surface area contributed by atoms with Gasteiger partial charge in [0.15, 0.2) is 0 Å². The number of fused-ring (bicyclic) bond motifs is 1. The number of ketones is 1. The number of carbonyl (C=O) groups is 1. The molecule has 1 aromatic carbocycles. The maximum atomic E-state index is 13.5. The average molecular weight is 258 g/mol. The predicted octanol–water partition coefficient (Wildman–Crippen LogP) is 3.06. The summed E-state index contributed by atoms with van der Waals surface area (Å²) >= 11 is 1.42. The summed E-state index contributed by atoms with van der Waals surface area (Å²) < 4.78 is 13.5. The minimum absolute atomic E-state index is 0.00611. The molecule has 0 unspecified atom stereocenters. The second kappa shape index (κ2) is 4.27. The summed E-state index contributed by atoms with van der Waals surface area (Å²) in [6.07, 6.45) is 1.58. The Labute approximate surface area is 106 Å². The van der Waals surface area contributed by atoms with Gasteiger partial charge in [0.2, 0.25) is 11.6 Å². The first-order chi connectivity index (χ1) is 8.75. The van der Waals surface area contributed by atoms with Gasteiger partial charge in [-0.1, -0.05) is 12.1 Å². The Kier molecular flexibility index (Phi) is 2.60. The van der Waals surface area contributed by atoms with E-state index in [-0.39, 0.29) is 11.4 Å². The smallest absolute Gasteiger partial charge is 0.233 e. The van der Waals surface area contributed by atoms with Crippen molar-refractivity contribution in [2.75, 3.05) is 0 Å². The van der Waals surface area contributed by atoms with Crippen LogP contribution in [0, 0.1) is 5.82 Å². The minimum Gasteiger partial charge on any atom is -0.285 e. The number of thiophene rings is 1. The standard InChI is InChI=1S/C13H7FN2OS/c14-10-4-2-1-3-9(10)11(17)12-15-7-8-5-6-18-13(8)16-12/h1-7H. The molecule has 0 spiro atoms. The molecular weight excluding hydrogens is 251 g/mol. The van der Waals surface area contributed by atoms with E-state index in [1.165, 1.54) is 29.5 Å². The quantitative estimate of drug-likeness (QED) is 0.663. The van der Waals surface area contributed by atoms with Gasteiger partial charge in [0.05, 0.1) is 5.56 Å². The van der Waals surface area contributed by atoms with Crippen LogP contribution in [0.4, 0.5) is 4.39 Å². The number of carbonyl (C=O) groups excluding carboxylic acids is 1. The second-order valence-electron chi connectivity index (χ2n) is 3.68. The molecule has 0 atom stereocenters. The first kappa shape index (κ1) is 11.0. The van der Waals surface area contributed by atoms with Crippen LogP contribution in [-0.4, -0.2) is 15.8 Å². The zero-order valence-electron chi connectivity index (χ0n) is 9.13.